The van der Waals surface area contributed by atoms with Crippen molar-refractivity contribution in [3.63, 3.8) is 0 Å². The molecule has 0 unspecified atom stereocenters. The molecule has 3 heterocycles. The maximum atomic E-state index is 4.62. The van der Waals surface area contributed by atoms with Crippen LogP contribution in [0.5, 0.6) is 0 Å². The van der Waals surface area contributed by atoms with Crippen LogP contribution in [0.4, 0.5) is 0 Å². The summed E-state index contributed by atoms with van der Waals surface area (Å²) in [6.45, 7) is 3.36. The molecule has 4 rings (SSSR count). The number of hydrogen-bond donors (Lipinski definition) is 0. The molecule has 0 spiro atoms. The molecular weight excluding hydrogens is 294 g/mol. The van der Waals surface area contributed by atoms with Crippen LogP contribution in [-0.4, -0.2) is 28.0 Å². The zero-order chi connectivity index (χ0) is 16.2. The van der Waals surface area contributed by atoms with Gasteiger partial charge in [0.1, 0.15) is 0 Å². The lowest BCUT2D eigenvalue weighted by Crippen LogP contribution is -2.19. The maximum Gasteiger partial charge on any atom is 0.0712 e. The van der Waals surface area contributed by atoms with Gasteiger partial charge in [-0.15, -0.1) is 0 Å². The highest BCUT2D eigenvalue weighted by atomic mass is 15.1. The third kappa shape index (κ3) is 3.08. The second kappa shape index (κ2) is 6.93. The highest BCUT2D eigenvalue weighted by Crippen LogP contribution is 2.34. The Morgan fingerprint density at radius 1 is 0.750 bits per heavy atom. The quantitative estimate of drug-likeness (QED) is 0.714. The molecule has 1 aliphatic heterocycles. The van der Waals surface area contributed by atoms with Gasteiger partial charge in [0.25, 0.3) is 0 Å². The molecule has 24 heavy (non-hydrogen) atoms. The SMILES string of the molecule is c1ccc(-c2cccc(CN3CCCC3)c2-c2ccccn2)nc1. The lowest BCUT2D eigenvalue weighted by molar-refractivity contribution is 0.332. The Morgan fingerprint density at radius 2 is 1.46 bits per heavy atom. The van der Waals surface area contributed by atoms with E-state index in [2.05, 4.69) is 51.3 Å². The summed E-state index contributed by atoms with van der Waals surface area (Å²) in [5.74, 6) is 0. The van der Waals surface area contributed by atoms with Gasteiger partial charge < -0.3 is 0 Å². The van der Waals surface area contributed by atoms with Gasteiger partial charge in [-0.05, 0) is 55.8 Å². The average molecular weight is 315 g/mol. The van der Waals surface area contributed by atoms with Crippen LogP contribution in [-0.2, 0) is 6.54 Å². The minimum absolute atomic E-state index is 0.979. The van der Waals surface area contributed by atoms with E-state index in [0.717, 1.165) is 23.5 Å². The molecule has 0 bridgehead atoms. The predicted molar refractivity (Wildman–Crippen MR) is 97.4 cm³/mol. The minimum atomic E-state index is 0.979. The smallest absolute Gasteiger partial charge is 0.0712 e. The Balaban J connectivity index is 1.84. The Labute approximate surface area is 143 Å². The largest absolute Gasteiger partial charge is 0.299 e. The van der Waals surface area contributed by atoms with Crippen molar-refractivity contribution in [2.24, 2.45) is 0 Å². The molecule has 0 radical (unpaired) electrons. The minimum Gasteiger partial charge on any atom is -0.299 e. The van der Waals surface area contributed by atoms with Crippen LogP contribution in [0.15, 0.2) is 67.0 Å². The molecular formula is C21H21N3. The lowest BCUT2D eigenvalue weighted by Gasteiger charge is -2.19. The normalized spacial score (nSPS) is 14.8. The first kappa shape index (κ1) is 15.0. The van der Waals surface area contributed by atoms with Crippen molar-refractivity contribution in [2.75, 3.05) is 13.1 Å². The molecule has 3 heteroatoms. The van der Waals surface area contributed by atoms with Crippen LogP contribution in [0.3, 0.4) is 0 Å². The van der Waals surface area contributed by atoms with Crippen molar-refractivity contribution in [1.82, 2.24) is 14.9 Å². The third-order valence-corrected chi connectivity index (χ3v) is 4.61. The molecule has 1 aliphatic rings. The van der Waals surface area contributed by atoms with Crippen LogP contribution < -0.4 is 0 Å². The van der Waals surface area contributed by atoms with Gasteiger partial charge in [0.05, 0.1) is 11.4 Å². The molecule has 120 valence electrons. The van der Waals surface area contributed by atoms with E-state index in [1.807, 2.05) is 30.6 Å². The van der Waals surface area contributed by atoms with Crippen molar-refractivity contribution in [2.45, 2.75) is 19.4 Å². The Morgan fingerprint density at radius 3 is 2.12 bits per heavy atom. The topological polar surface area (TPSA) is 29.0 Å². The fourth-order valence-corrected chi connectivity index (χ4v) is 3.46. The van der Waals surface area contributed by atoms with Gasteiger partial charge in [-0.25, -0.2) is 0 Å². The second-order valence-electron chi connectivity index (χ2n) is 6.25. The molecule has 0 aliphatic carbocycles. The fraction of sp³-hybridized carbons (Fsp3) is 0.238. The predicted octanol–water partition coefficient (Wildman–Crippen LogP) is 4.41. The molecule has 1 saturated heterocycles. The van der Waals surface area contributed by atoms with Crippen molar-refractivity contribution < 1.29 is 0 Å². The summed E-state index contributed by atoms with van der Waals surface area (Å²) in [5, 5.41) is 0. The first-order valence-electron chi connectivity index (χ1n) is 8.59. The van der Waals surface area contributed by atoms with E-state index in [0.29, 0.717) is 0 Å². The lowest BCUT2D eigenvalue weighted by atomic mass is 9.95. The van der Waals surface area contributed by atoms with E-state index in [4.69, 9.17) is 0 Å². The van der Waals surface area contributed by atoms with Gasteiger partial charge >= 0.3 is 0 Å². The van der Waals surface area contributed by atoms with Gasteiger partial charge in [-0.2, -0.15) is 0 Å². The number of likely N-dealkylation sites (tertiary alicyclic amines) is 1. The van der Waals surface area contributed by atoms with Gasteiger partial charge in [-0.3, -0.25) is 14.9 Å². The number of rotatable bonds is 4. The number of pyridine rings is 2. The molecule has 3 nitrogen and oxygen atoms in total. The second-order valence-corrected chi connectivity index (χ2v) is 6.25. The van der Waals surface area contributed by atoms with Crippen LogP contribution in [0.2, 0.25) is 0 Å². The molecule has 0 amide bonds. The van der Waals surface area contributed by atoms with Crippen molar-refractivity contribution >= 4 is 0 Å². The zero-order valence-corrected chi connectivity index (χ0v) is 13.7. The summed E-state index contributed by atoms with van der Waals surface area (Å²) in [4.78, 5) is 11.7. The van der Waals surface area contributed by atoms with Crippen LogP contribution >= 0.6 is 0 Å². The van der Waals surface area contributed by atoms with Crippen molar-refractivity contribution in [1.29, 1.82) is 0 Å². The Kier molecular flexibility index (Phi) is 4.34. The monoisotopic (exact) mass is 315 g/mol. The molecule has 1 aromatic carbocycles. The van der Waals surface area contributed by atoms with Gasteiger partial charge in [0, 0.05) is 30.1 Å². The first-order valence-corrected chi connectivity index (χ1v) is 8.59. The molecule has 0 atom stereocenters. The van der Waals surface area contributed by atoms with Crippen LogP contribution in [0.1, 0.15) is 18.4 Å². The third-order valence-electron chi connectivity index (χ3n) is 4.61. The summed E-state index contributed by atoms with van der Waals surface area (Å²) >= 11 is 0. The molecule has 1 fully saturated rings. The van der Waals surface area contributed by atoms with E-state index in [-0.39, 0.29) is 0 Å². The van der Waals surface area contributed by atoms with Crippen molar-refractivity contribution in [3.05, 3.63) is 72.6 Å². The van der Waals surface area contributed by atoms with Gasteiger partial charge in [0.15, 0.2) is 0 Å². The van der Waals surface area contributed by atoms with E-state index in [9.17, 15) is 0 Å². The number of nitrogens with zero attached hydrogens (tertiary/aromatic N) is 3. The van der Waals surface area contributed by atoms with Crippen LogP contribution in [0, 0.1) is 0 Å². The number of aromatic nitrogens is 2. The summed E-state index contributed by atoms with van der Waals surface area (Å²) in [6, 6.07) is 18.7. The van der Waals surface area contributed by atoms with Gasteiger partial charge in [0.2, 0.25) is 0 Å². The summed E-state index contributed by atoms with van der Waals surface area (Å²) in [5.41, 5.74) is 5.72. The number of hydrogen-bond acceptors (Lipinski definition) is 3. The van der Waals surface area contributed by atoms with E-state index in [1.165, 1.54) is 37.1 Å². The Bertz CT molecular complexity index is 794. The van der Waals surface area contributed by atoms with Gasteiger partial charge in [-0.1, -0.05) is 30.3 Å². The number of benzene rings is 1. The maximum absolute atomic E-state index is 4.62. The zero-order valence-electron chi connectivity index (χ0n) is 13.7. The highest BCUT2D eigenvalue weighted by Gasteiger charge is 2.18. The fourth-order valence-electron chi connectivity index (χ4n) is 3.46. The molecule has 0 N–H and O–H groups in total. The van der Waals surface area contributed by atoms with Crippen molar-refractivity contribution in [3.8, 4) is 22.5 Å². The first-order chi connectivity index (χ1) is 11.9. The molecule has 3 aromatic rings. The average Bonchev–Trinajstić information content (AvgIpc) is 3.16. The highest BCUT2D eigenvalue weighted by molar-refractivity contribution is 5.82. The summed E-state index contributed by atoms with van der Waals surface area (Å²) in [7, 11) is 0. The molecule has 2 aromatic heterocycles. The summed E-state index contributed by atoms with van der Waals surface area (Å²) < 4.78 is 0. The van der Waals surface area contributed by atoms with E-state index < -0.39 is 0 Å². The summed E-state index contributed by atoms with van der Waals surface area (Å²) in [6.07, 6.45) is 6.33. The Hall–Kier alpha value is -2.52. The molecule has 0 saturated carbocycles. The standard InChI is InChI=1S/C21H21N3/c1-3-12-22-19(10-1)18-9-7-8-17(16-24-14-5-6-15-24)21(18)20-11-2-4-13-23-20/h1-4,7-13H,5-6,14-16H2. The van der Waals surface area contributed by atoms with E-state index >= 15 is 0 Å². The van der Waals surface area contributed by atoms with Crippen LogP contribution in [0.25, 0.3) is 22.5 Å². The van der Waals surface area contributed by atoms with E-state index in [1.54, 1.807) is 0 Å².